The summed E-state index contributed by atoms with van der Waals surface area (Å²) < 4.78 is 6.14. The Kier molecular flexibility index (Phi) is 5.91. The Morgan fingerprint density at radius 3 is 2.53 bits per heavy atom. The Morgan fingerprint density at radius 1 is 1.33 bits per heavy atom. The lowest BCUT2D eigenvalue weighted by Crippen LogP contribution is -2.24. The molecule has 0 fully saturated rings. The molecule has 2 nitrogen and oxygen atoms in total. The maximum absolute atomic E-state index is 5.02. The summed E-state index contributed by atoms with van der Waals surface area (Å²) in [5.41, 5.74) is 1.33. The molecule has 1 N–H and O–H groups in total. The molecular formula is C12H18BrNO. The number of rotatable bonds is 6. The highest BCUT2D eigenvalue weighted by Crippen LogP contribution is 2.18. The maximum Gasteiger partial charge on any atom is 0.0587 e. The summed E-state index contributed by atoms with van der Waals surface area (Å²) in [5, 5.41) is 3.47. The lowest BCUT2D eigenvalue weighted by molar-refractivity contribution is 0.195. The largest absolute Gasteiger partial charge is 0.383 e. The first-order chi connectivity index (χ1) is 7.27. The van der Waals surface area contributed by atoms with E-state index >= 15 is 0 Å². The second kappa shape index (κ2) is 6.99. The molecule has 0 heterocycles. The van der Waals surface area contributed by atoms with Crippen LogP contribution in [0, 0.1) is 0 Å². The van der Waals surface area contributed by atoms with Crippen LogP contribution in [0.15, 0.2) is 28.7 Å². The topological polar surface area (TPSA) is 21.3 Å². The first-order valence-corrected chi connectivity index (χ1v) is 6.05. The molecule has 1 unspecified atom stereocenters. The average Bonchev–Trinajstić information content (AvgIpc) is 2.26. The molecule has 3 heteroatoms. The maximum atomic E-state index is 5.02. The minimum atomic E-state index is 0.424. The van der Waals surface area contributed by atoms with Crippen molar-refractivity contribution >= 4 is 15.9 Å². The third-order valence-electron chi connectivity index (χ3n) is 2.38. The quantitative estimate of drug-likeness (QED) is 0.803. The van der Waals surface area contributed by atoms with Gasteiger partial charge in [0.05, 0.1) is 6.61 Å². The molecule has 1 aromatic carbocycles. The monoisotopic (exact) mass is 271 g/mol. The van der Waals surface area contributed by atoms with Crippen LogP contribution in [-0.4, -0.2) is 20.3 Å². The van der Waals surface area contributed by atoms with Crippen LogP contribution in [0.5, 0.6) is 0 Å². The van der Waals surface area contributed by atoms with Crippen molar-refractivity contribution in [1.82, 2.24) is 5.32 Å². The number of methoxy groups -OCH3 is 1. The summed E-state index contributed by atoms with van der Waals surface area (Å²) in [4.78, 5) is 0. The Labute approximate surface area is 100 Å². The number of ether oxygens (including phenoxy) is 1. The van der Waals surface area contributed by atoms with E-state index in [1.807, 2.05) is 0 Å². The van der Waals surface area contributed by atoms with Crippen molar-refractivity contribution < 1.29 is 4.74 Å². The van der Waals surface area contributed by atoms with Crippen LogP contribution < -0.4 is 5.32 Å². The number of halogens is 1. The van der Waals surface area contributed by atoms with Crippen molar-refractivity contribution in [2.45, 2.75) is 19.4 Å². The Morgan fingerprint density at radius 2 is 2.00 bits per heavy atom. The highest BCUT2D eigenvalue weighted by Gasteiger charge is 2.07. The molecule has 0 bridgehead atoms. The molecule has 0 spiro atoms. The van der Waals surface area contributed by atoms with Crippen molar-refractivity contribution in [3.05, 3.63) is 34.3 Å². The van der Waals surface area contributed by atoms with E-state index in [4.69, 9.17) is 4.74 Å². The van der Waals surface area contributed by atoms with Crippen LogP contribution >= 0.6 is 15.9 Å². The lowest BCUT2D eigenvalue weighted by atomic mass is 10.1. The highest BCUT2D eigenvalue weighted by molar-refractivity contribution is 9.10. The van der Waals surface area contributed by atoms with Crippen molar-refractivity contribution in [2.75, 3.05) is 20.3 Å². The van der Waals surface area contributed by atoms with Gasteiger partial charge in [-0.25, -0.2) is 0 Å². The van der Waals surface area contributed by atoms with Crippen molar-refractivity contribution in [1.29, 1.82) is 0 Å². The van der Waals surface area contributed by atoms with Crippen LogP contribution in [0.2, 0.25) is 0 Å². The van der Waals surface area contributed by atoms with Gasteiger partial charge >= 0.3 is 0 Å². The van der Waals surface area contributed by atoms with Gasteiger partial charge in [0.15, 0.2) is 0 Å². The average molecular weight is 272 g/mol. The lowest BCUT2D eigenvalue weighted by Gasteiger charge is -2.17. The summed E-state index contributed by atoms with van der Waals surface area (Å²) in [6.07, 6.45) is 1.09. The Bertz CT molecular complexity index is 273. The molecule has 0 aliphatic carbocycles. The summed E-state index contributed by atoms with van der Waals surface area (Å²) in [6.45, 7) is 3.84. The Hall–Kier alpha value is -0.380. The molecule has 15 heavy (non-hydrogen) atoms. The van der Waals surface area contributed by atoms with Gasteiger partial charge in [-0.2, -0.15) is 0 Å². The molecule has 0 aliphatic rings. The van der Waals surface area contributed by atoms with Gasteiger partial charge in [0.25, 0.3) is 0 Å². The van der Waals surface area contributed by atoms with Crippen LogP contribution in [0.3, 0.4) is 0 Å². The highest BCUT2D eigenvalue weighted by atomic mass is 79.9. The van der Waals surface area contributed by atoms with Crippen LogP contribution in [0.25, 0.3) is 0 Å². The van der Waals surface area contributed by atoms with Gasteiger partial charge in [-0.15, -0.1) is 0 Å². The Balaban J connectivity index is 2.53. The van der Waals surface area contributed by atoms with Gasteiger partial charge in [0.1, 0.15) is 0 Å². The number of hydrogen-bond acceptors (Lipinski definition) is 2. The molecular weight excluding hydrogens is 254 g/mol. The molecule has 0 amide bonds. The first kappa shape index (κ1) is 12.7. The van der Waals surface area contributed by atoms with Gasteiger partial charge in [0, 0.05) is 24.2 Å². The van der Waals surface area contributed by atoms with E-state index in [-0.39, 0.29) is 0 Å². The summed E-state index contributed by atoms with van der Waals surface area (Å²) >= 11 is 3.44. The predicted molar refractivity (Wildman–Crippen MR) is 67.1 cm³/mol. The SMILES string of the molecule is CCC(NCCOC)c1ccc(Br)cc1. The molecule has 1 aromatic rings. The fraction of sp³-hybridized carbons (Fsp3) is 0.500. The zero-order valence-electron chi connectivity index (χ0n) is 9.29. The molecule has 1 rings (SSSR count). The molecule has 0 saturated carbocycles. The third-order valence-corrected chi connectivity index (χ3v) is 2.91. The molecule has 0 aromatic heterocycles. The smallest absolute Gasteiger partial charge is 0.0587 e. The minimum absolute atomic E-state index is 0.424. The van der Waals surface area contributed by atoms with E-state index in [0.29, 0.717) is 6.04 Å². The van der Waals surface area contributed by atoms with E-state index in [1.54, 1.807) is 7.11 Å². The first-order valence-electron chi connectivity index (χ1n) is 5.25. The molecule has 0 radical (unpaired) electrons. The summed E-state index contributed by atoms with van der Waals surface area (Å²) in [7, 11) is 1.72. The second-order valence-electron chi connectivity index (χ2n) is 3.46. The van der Waals surface area contributed by atoms with Crippen LogP contribution in [-0.2, 0) is 4.74 Å². The second-order valence-corrected chi connectivity index (χ2v) is 4.37. The van der Waals surface area contributed by atoms with E-state index < -0.39 is 0 Å². The number of benzene rings is 1. The number of hydrogen-bond donors (Lipinski definition) is 1. The van der Waals surface area contributed by atoms with Gasteiger partial charge < -0.3 is 10.1 Å². The standard InChI is InChI=1S/C12H18BrNO/c1-3-12(14-8-9-15-2)10-4-6-11(13)7-5-10/h4-7,12,14H,3,8-9H2,1-2H3. The molecule has 1 atom stereocenters. The fourth-order valence-electron chi connectivity index (χ4n) is 1.53. The fourth-order valence-corrected chi connectivity index (χ4v) is 1.79. The summed E-state index contributed by atoms with van der Waals surface area (Å²) in [6, 6.07) is 8.88. The summed E-state index contributed by atoms with van der Waals surface area (Å²) in [5.74, 6) is 0. The van der Waals surface area contributed by atoms with Crippen LogP contribution in [0.1, 0.15) is 24.9 Å². The molecule has 84 valence electrons. The van der Waals surface area contributed by atoms with Crippen LogP contribution in [0.4, 0.5) is 0 Å². The van der Waals surface area contributed by atoms with E-state index in [2.05, 4.69) is 52.4 Å². The van der Waals surface area contributed by atoms with Gasteiger partial charge in [-0.05, 0) is 24.1 Å². The molecule has 0 aliphatic heterocycles. The normalized spacial score (nSPS) is 12.7. The van der Waals surface area contributed by atoms with Crippen molar-refractivity contribution in [3.8, 4) is 0 Å². The predicted octanol–water partition coefficient (Wildman–Crippen LogP) is 3.14. The number of nitrogens with one attached hydrogen (secondary N) is 1. The van der Waals surface area contributed by atoms with Crippen molar-refractivity contribution in [3.63, 3.8) is 0 Å². The zero-order chi connectivity index (χ0) is 11.1. The van der Waals surface area contributed by atoms with E-state index in [0.717, 1.165) is 24.0 Å². The van der Waals surface area contributed by atoms with Gasteiger partial charge in [0.2, 0.25) is 0 Å². The third kappa shape index (κ3) is 4.33. The molecule has 0 saturated heterocycles. The van der Waals surface area contributed by atoms with E-state index in [1.165, 1.54) is 5.56 Å². The van der Waals surface area contributed by atoms with Gasteiger partial charge in [-0.1, -0.05) is 35.0 Å². The van der Waals surface area contributed by atoms with Gasteiger partial charge in [-0.3, -0.25) is 0 Å². The van der Waals surface area contributed by atoms with E-state index in [9.17, 15) is 0 Å². The zero-order valence-corrected chi connectivity index (χ0v) is 10.9. The van der Waals surface area contributed by atoms with Crippen molar-refractivity contribution in [2.24, 2.45) is 0 Å². The minimum Gasteiger partial charge on any atom is -0.383 e.